The second kappa shape index (κ2) is 3.02. The van der Waals surface area contributed by atoms with Gasteiger partial charge in [-0.2, -0.15) is 0 Å². The highest BCUT2D eigenvalue weighted by Crippen LogP contribution is 2.15. The largest absolute Gasteiger partial charge is 0.382 e. The van der Waals surface area contributed by atoms with Gasteiger partial charge in [0.2, 0.25) is 0 Å². The molecular weight excluding hydrogens is 190 g/mol. The summed E-state index contributed by atoms with van der Waals surface area (Å²) in [5.41, 5.74) is 5.45. The van der Waals surface area contributed by atoms with E-state index in [9.17, 15) is 0 Å². The summed E-state index contributed by atoms with van der Waals surface area (Å²) in [6.07, 6.45) is 4.59. The van der Waals surface area contributed by atoms with Crippen molar-refractivity contribution in [2.45, 2.75) is 0 Å². The minimum Gasteiger partial charge on any atom is -0.382 e. The molecule has 0 bridgehead atoms. The third-order valence-electron chi connectivity index (χ3n) is 1.47. The molecule has 0 fully saturated rings. The van der Waals surface area contributed by atoms with Gasteiger partial charge in [-0.05, 0) is 0 Å². The summed E-state index contributed by atoms with van der Waals surface area (Å²) in [4.78, 5) is 7.73. The Labute approximate surface area is 79.2 Å². The SMILES string of the molecule is Nc1ccn(-c2ncncc2Cl)n1. The summed E-state index contributed by atoms with van der Waals surface area (Å²) in [5, 5.41) is 4.40. The lowest BCUT2D eigenvalue weighted by atomic mass is 10.6. The summed E-state index contributed by atoms with van der Waals surface area (Å²) < 4.78 is 1.50. The zero-order valence-electron chi connectivity index (χ0n) is 6.55. The minimum absolute atomic E-state index is 0.426. The first kappa shape index (κ1) is 8.00. The number of halogens is 1. The third kappa shape index (κ3) is 1.46. The van der Waals surface area contributed by atoms with Gasteiger partial charge in [0.1, 0.15) is 17.2 Å². The fourth-order valence-electron chi connectivity index (χ4n) is 0.931. The molecule has 2 rings (SSSR count). The van der Waals surface area contributed by atoms with Crippen molar-refractivity contribution in [1.29, 1.82) is 0 Å². The lowest BCUT2D eigenvalue weighted by Gasteiger charge is -2.00. The second-order valence-corrected chi connectivity index (χ2v) is 2.79. The van der Waals surface area contributed by atoms with Crippen LogP contribution < -0.4 is 5.73 Å². The Morgan fingerprint density at radius 3 is 2.92 bits per heavy atom. The summed E-state index contributed by atoms with van der Waals surface area (Å²) in [5.74, 6) is 0.947. The van der Waals surface area contributed by atoms with Crippen LogP contribution in [0.15, 0.2) is 24.8 Å². The van der Waals surface area contributed by atoms with Gasteiger partial charge in [0, 0.05) is 12.3 Å². The molecule has 13 heavy (non-hydrogen) atoms. The molecule has 0 saturated carbocycles. The van der Waals surface area contributed by atoms with Crippen LogP contribution in [0, 0.1) is 0 Å². The van der Waals surface area contributed by atoms with Gasteiger partial charge in [-0.25, -0.2) is 14.6 Å². The van der Waals surface area contributed by atoms with Crippen molar-refractivity contribution in [2.75, 3.05) is 5.73 Å². The predicted octanol–water partition coefficient (Wildman–Crippen LogP) is 0.898. The van der Waals surface area contributed by atoms with E-state index in [2.05, 4.69) is 15.1 Å². The number of nitrogen functional groups attached to an aromatic ring is 1. The van der Waals surface area contributed by atoms with Crippen molar-refractivity contribution in [1.82, 2.24) is 19.7 Å². The molecule has 5 nitrogen and oxygen atoms in total. The van der Waals surface area contributed by atoms with Crippen molar-refractivity contribution in [2.24, 2.45) is 0 Å². The molecule has 66 valence electrons. The molecule has 2 aromatic heterocycles. The number of nitrogens with zero attached hydrogens (tertiary/aromatic N) is 4. The number of rotatable bonds is 1. The van der Waals surface area contributed by atoms with Gasteiger partial charge >= 0.3 is 0 Å². The van der Waals surface area contributed by atoms with Gasteiger partial charge in [-0.15, -0.1) is 5.10 Å². The minimum atomic E-state index is 0.426. The van der Waals surface area contributed by atoms with Crippen molar-refractivity contribution < 1.29 is 0 Å². The lowest BCUT2D eigenvalue weighted by molar-refractivity contribution is 0.844. The van der Waals surface area contributed by atoms with Gasteiger partial charge in [0.15, 0.2) is 5.82 Å². The first-order valence-corrected chi connectivity index (χ1v) is 3.92. The Morgan fingerprint density at radius 2 is 2.31 bits per heavy atom. The van der Waals surface area contributed by atoms with Crippen LogP contribution in [-0.4, -0.2) is 19.7 Å². The maximum atomic E-state index is 5.84. The smallest absolute Gasteiger partial charge is 0.175 e. The molecule has 0 unspecified atom stereocenters. The normalized spacial score (nSPS) is 10.2. The third-order valence-corrected chi connectivity index (χ3v) is 1.74. The van der Waals surface area contributed by atoms with Gasteiger partial charge in [0.05, 0.1) is 6.20 Å². The van der Waals surface area contributed by atoms with Crippen LogP contribution in [-0.2, 0) is 0 Å². The molecule has 2 aromatic rings. The maximum absolute atomic E-state index is 5.84. The molecule has 2 N–H and O–H groups in total. The highest BCUT2D eigenvalue weighted by atomic mass is 35.5. The van der Waals surface area contributed by atoms with Crippen LogP contribution in [0.5, 0.6) is 0 Å². The monoisotopic (exact) mass is 195 g/mol. The Kier molecular flexibility index (Phi) is 1.86. The van der Waals surface area contributed by atoms with Crippen LogP contribution in [0.25, 0.3) is 5.82 Å². The van der Waals surface area contributed by atoms with Gasteiger partial charge in [-0.1, -0.05) is 11.6 Å². The number of hydrogen-bond acceptors (Lipinski definition) is 4. The summed E-state index contributed by atoms with van der Waals surface area (Å²) in [6.45, 7) is 0. The predicted molar refractivity (Wildman–Crippen MR) is 48.6 cm³/mol. The second-order valence-electron chi connectivity index (χ2n) is 2.38. The van der Waals surface area contributed by atoms with Crippen LogP contribution in [0.1, 0.15) is 0 Å². The van der Waals surface area contributed by atoms with Crippen molar-refractivity contribution in [3.63, 3.8) is 0 Å². The van der Waals surface area contributed by atoms with Crippen LogP contribution in [0.2, 0.25) is 5.02 Å². The van der Waals surface area contributed by atoms with Crippen molar-refractivity contribution in [3.8, 4) is 5.82 Å². The first-order valence-electron chi connectivity index (χ1n) is 3.54. The number of hydrogen-bond donors (Lipinski definition) is 1. The highest BCUT2D eigenvalue weighted by Gasteiger charge is 2.04. The van der Waals surface area contributed by atoms with E-state index < -0.39 is 0 Å². The average molecular weight is 196 g/mol. The van der Waals surface area contributed by atoms with Crippen LogP contribution >= 0.6 is 11.6 Å². The van der Waals surface area contributed by atoms with E-state index in [4.69, 9.17) is 17.3 Å². The molecule has 0 radical (unpaired) electrons. The molecule has 0 aliphatic carbocycles. The molecule has 6 heteroatoms. The molecule has 0 spiro atoms. The fraction of sp³-hybridized carbons (Fsp3) is 0. The molecular formula is C7H6ClN5. The number of anilines is 1. The first-order chi connectivity index (χ1) is 6.27. The molecule has 0 aliphatic heterocycles. The van der Waals surface area contributed by atoms with Crippen LogP contribution in [0.4, 0.5) is 5.82 Å². The highest BCUT2D eigenvalue weighted by molar-refractivity contribution is 6.32. The van der Waals surface area contributed by atoms with Crippen molar-refractivity contribution >= 4 is 17.4 Å². The molecule has 2 heterocycles. The summed E-state index contributed by atoms with van der Waals surface area (Å²) in [7, 11) is 0. The topological polar surface area (TPSA) is 69.6 Å². The maximum Gasteiger partial charge on any atom is 0.175 e. The van der Waals surface area contributed by atoms with Crippen molar-refractivity contribution in [3.05, 3.63) is 29.8 Å². The molecule has 0 aromatic carbocycles. The average Bonchev–Trinajstić information content (AvgIpc) is 2.53. The zero-order valence-corrected chi connectivity index (χ0v) is 7.31. The van der Waals surface area contributed by atoms with E-state index in [0.717, 1.165) is 0 Å². The molecule has 0 amide bonds. The quantitative estimate of drug-likeness (QED) is 0.734. The Balaban J connectivity index is 2.52. The Hall–Kier alpha value is -1.62. The number of nitrogens with two attached hydrogens (primary N) is 1. The van der Waals surface area contributed by atoms with Gasteiger partial charge in [0.25, 0.3) is 0 Å². The van der Waals surface area contributed by atoms with Gasteiger partial charge < -0.3 is 5.73 Å². The lowest BCUT2D eigenvalue weighted by Crippen LogP contribution is -2.00. The summed E-state index contributed by atoms with van der Waals surface area (Å²) in [6, 6.07) is 1.67. The molecule has 0 aliphatic rings. The standard InChI is InChI=1S/C7H6ClN5/c8-5-3-10-4-11-7(5)13-2-1-6(9)12-13/h1-4H,(H2,9,12). The molecule has 0 atom stereocenters. The Bertz CT molecular complexity index is 424. The van der Waals surface area contributed by atoms with E-state index in [1.54, 1.807) is 12.3 Å². The van der Waals surface area contributed by atoms with Gasteiger partial charge in [-0.3, -0.25) is 0 Å². The van der Waals surface area contributed by atoms with E-state index in [1.165, 1.54) is 17.2 Å². The van der Waals surface area contributed by atoms with E-state index in [1.807, 2.05) is 0 Å². The van der Waals surface area contributed by atoms with E-state index in [-0.39, 0.29) is 0 Å². The van der Waals surface area contributed by atoms with E-state index >= 15 is 0 Å². The molecule has 0 saturated heterocycles. The summed E-state index contributed by atoms with van der Waals surface area (Å²) >= 11 is 5.84. The zero-order chi connectivity index (χ0) is 9.26. The Morgan fingerprint density at radius 1 is 1.46 bits per heavy atom. The number of aromatic nitrogens is 4. The fourth-order valence-corrected chi connectivity index (χ4v) is 1.12. The van der Waals surface area contributed by atoms with E-state index in [0.29, 0.717) is 16.7 Å². The van der Waals surface area contributed by atoms with Crippen LogP contribution in [0.3, 0.4) is 0 Å².